The van der Waals surface area contributed by atoms with E-state index in [-0.39, 0.29) is 18.4 Å². The monoisotopic (exact) mass is 417 g/mol. The number of nitrogens with zero attached hydrogens (tertiary/aromatic N) is 2. The zero-order chi connectivity index (χ0) is 22.3. The van der Waals surface area contributed by atoms with Crippen LogP contribution < -0.4 is 5.32 Å². The van der Waals surface area contributed by atoms with E-state index in [9.17, 15) is 19.6 Å². The molecule has 0 aliphatic carbocycles. The molecule has 0 saturated carbocycles. The Morgan fingerprint density at radius 3 is 2.53 bits per heavy atom. The summed E-state index contributed by atoms with van der Waals surface area (Å²) < 4.78 is 0. The first-order chi connectivity index (χ1) is 14.2. The molecule has 1 aliphatic rings. The highest BCUT2D eigenvalue weighted by Gasteiger charge is 2.37. The van der Waals surface area contributed by atoms with Crippen LogP contribution in [0.4, 0.5) is 0 Å². The number of amides is 3. The highest BCUT2D eigenvalue weighted by molar-refractivity contribution is 5.89. The molecule has 1 aromatic rings. The molecule has 0 unspecified atom stereocenters. The molecule has 3 amide bonds. The van der Waals surface area contributed by atoms with Crippen molar-refractivity contribution in [2.24, 2.45) is 11.3 Å². The average molecular weight is 418 g/mol. The molecule has 0 aromatic heterocycles. The number of unbranched alkanes of at least 4 members (excludes halogenated alkanes) is 1. The topological polar surface area (TPSA) is 90.0 Å². The molecule has 0 spiro atoms. The summed E-state index contributed by atoms with van der Waals surface area (Å²) in [5.74, 6) is -0.981. The van der Waals surface area contributed by atoms with Crippen LogP contribution in [0.2, 0.25) is 0 Å². The second kappa shape index (κ2) is 10.6. The summed E-state index contributed by atoms with van der Waals surface area (Å²) in [6.45, 7) is 8.87. The van der Waals surface area contributed by atoms with Crippen molar-refractivity contribution >= 4 is 18.2 Å². The van der Waals surface area contributed by atoms with E-state index in [4.69, 9.17) is 0 Å². The summed E-state index contributed by atoms with van der Waals surface area (Å²) >= 11 is 0. The van der Waals surface area contributed by atoms with Gasteiger partial charge in [-0.3, -0.25) is 19.6 Å². The minimum atomic E-state index is -0.692. The second-order valence-electron chi connectivity index (χ2n) is 9.15. The van der Waals surface area contributed by atoms with Crippen LogP contribution >= 0.6 is 0 Å². The lowest BCUT2D eigenvalue weighted by Gasteiger charge is -2.37. The first-order valence-corrected chi connectivity index (χ1v) is 10.7. The van der Waals surface area contributed by atoms with Crippen molar-refractivity contribution in [1.82, 2.24) is 15.3 Å². The van der Waals surface area contributed by atoms with Crippen molar-refractivity contribution in [3.8, 4) is 0 Å². The molecule has 2 atom stereocenters. The predicted molar refractivity (Wildman–Crippen MR) is 115 cm³/mol. The molecule has 0 saturated heterocycles. The van der Waals surface area contributed by atoms with Gasteiger partial charge in [-0.2, -0.15) is 0 Å². The molecular weight excluding hydrogens is 382 g/mol. The maximum absolute atomic E-state index is 13.4. The van der Waals surface area contributed by atoms with E-state index in [1.165, 1.54) is 5.56 Å². The summed E-state index contributed by atoms with van der Waals surface area (Å²) in [5, 5.41) is 13.0. The molecule has 2 rings (SSSR count). The van der Waals surface area contributed by atoms with Gasteiger partial charge in [0, 0.05) is 13.1 Å². The van der Waals surface area contributed by atoms with Gasteiger partial charge in [0.25, 0.3) is 0 Å². The zero-order valence-electron chi connectivity index (χ0n) is 18.6. The van der Waals surface area contributed by atoms with Crippen LogP contribution in [0, 0.1) is 11.3 Å². The Morgan fingerprint density at radius 2 is 1.93 bits per heavy atom. The van der Waals surface area contributed by atoms with Gasteiger partial charge in [0.2, 0.25) is 18.2 Å². The number of carbonyl (C=O) groups excluding carboxylic acids is 3. The summed E-state index contributed by atoms with van der Waals surface area (Å²) in [6.07, 6.45) is 3.32. The molecular formula is C23H35N3O4. The van der Waals surface area contributed by atoms with Crippen molar-refractivity contribution < 1.29 is 19.6 Å². The Morgan fingerprint density at radius 1 is 1.27 bits per heavy atom. The number of fused-ring (bicyclic) bond motifs is 1. The van der Waals surface area contributed by atoms with E-state index in [2.05, 4.69) is 11.4 Å². The van der Waals surface area contributed by atoms with Crippen molar-refractivity contribution in [1.29, 1.82) is 0 Å². The Balaban J connectivity index is 2.15. The number of rotatable bonds is 9. The van der Waals surface area contributed by atoms with Crippen LogP contribution in [0.25, 0.3) is 0 Å². The van der Waals surface area contributed by atoms with Gasteiger partial charge < -0.3 is 10.2 Å². The zero-order valence-corrected chi connectivity index (χ0v) is 18.6. The largest absolute Gasteiger partial charge is 0.344 e. The lowest BCUT2D eigenvalue weighted by Crippen LogP contribution is -2.57. The van der Waals surface area contributed by atoms with Crippen molar-refractivity contribution in [2.45, 2.75) is 66.0 Å². The van der Waals surface area contributed by atoms with E-state index < -0.39 is 17.4 Å². The quantitative estimate of drug-likeness (QED) is 0.367. The normalized spacial score (nSPS) is 15.7. The number of nitrogens with one attached hydrogen (secondary N) is 1. The van der Waals surface area contributed by atoms with Gasteiger partial charge in [-0.15, -0.1) is 0 Å². The molecule has 1 aliphatic heterocycles. The van der Waals surface area contributed by atoms with Crippen LogP contribution in [-0.2, 0) is 27.3 Å². The van der Waals surface area contributed by atoms with E-state index in [0.717, 1.165) is 24.8 Å². The highest BCUT2D eigenvalue weighted by Crippen LogP contribution is 2.25. The third kappa shape index (κ3) is 6.29. The highest BCUT2D eigenvalue weighted by atomic mass is 16.5. The number of hydrogen-bond acceptors (Lipinski definition) is 4. The van der Waals surface area contributed by atoms with Crippen LogP contribution in [0.1, 0.15) is 58.1 Å². The lowest BCUT2D eigenvalue weighted by molar-refractivity contribution is -0.155. The Bertz CT molecular complexity index is 744. The Labute approximate surface area is 179 Å². The minimum Gasteiger partial charge on any atom is -0.344 e. The molecule has 166 valence electrons. The predicted octanol–water partition coefficient (Wildman–Crippen LogP) is 2.76. The summed E-state index contributed by atoms with van der Waals surface area (Å²) in [5.41, 5.74) is 1.91. The first kappa shape index (κ1) is 23.9. The number of hydroxylamine groups is 2. The van der Waals surface area contributed by atoms with Gasteiger partial charge >= 0.3 is 0 Å². The number of carbonyl (C=O) groups is 3. The average Bonchev–Trinajstić information content (AvgIpc) is 2.72. The lowest BCUT2D eigenvalue weighted by atomic mass is 9.84. The van der Waals surface area contributed by atoms with E-state index >= 15 is 0 Å². The van der Waals surface area contributed by atoms with Gasteiger partial charge in [0.15, 0.2) is 0 Å². The standard InChI is InChI=1S/C23H35N3O4/c1-5-6-9-19(15-26(30)16-27)21(28)24-20(23(2,3)4)22(29)25-13-12-17-10-7-8-11-18(17)14-25/h7-8,10-11,16,19-20,30H,5-6,9,12-15H2,1-4H3,(H,24,28)/t19-,20-/m1/s1. The number of benzene rings is 1. The van der Waals surface area contributed by atoms with Gasteiger partial charge in [-0.1, -0.05) is 64.8 Å². The molecule has 0 bridgehead atoms. The van der Waals surface area contributed by atoms with Crippen LogP contribution in [0.15, 0.2) is 24.3 Å². The molecule has 30 heavy (non-hydrogen) atoms. The van der Waals surface area contributed by atoms with Crippen molar-refractivity contribution in [2.75, 3.05) is 13.1 Å². The Kier molecular flexibility index (Phi) is 8.41. The third-order valence-corrected chi connectivity index (χ3v) is 5.65. The summed E-state index contributed by atoms with van der Waals surface area (Å²) in [6, 6.07) is 7.42. The van der Waals surface area contributed by atoms with Crippen LogP contribution in [0.3, 0.4) is 0 Å². The fourth-order valence-electron chi connectivity index (χ4n) is 3.80. The van der Waals surface area contributed by atoms with Gasteiger partial charge in [-0.25, -0.2) is 5.06 Å². The van der Waals surface area contributed by atoms with Crippen LogP contribution in [-0.4, -0.2) is 52.5 Å². The van der Waals surface area contributed by atoms with Gasteiger partial charge in [0.05, 0.1) is 12.5 Å². The molecule has 0 radical (unpaired) electrons. The maximum Gasteiger partial charge on any atom is 0.246 e. The van der Waals surface area contributed by atoms with Crippen molar-refractivity contribution in [3.05, 3.63) is 35.4 Å². The van der Waals surface area contributed by atoms with Gasteiger partial charge in [-0.05, 0) is 29.4 Å². The molecule has 1 heterocycles. The summed E-state index contributed by atoms with van der Waals surface area (Å²) in [7, 11) is 0. The van der Waals surface area contributed by atoms with E-state index in [0.29, 0.717) is 31.0 Å². The van der Waals surface area contributed by atoms with Crippen LogP contribution in [0.5, 0.6) is 0 Å². The fraction of sp³-hybridized carbons (Fsp3) is 0.609. The fourth-order valence-corrected chi connectivity index (χ4v) is 3.80. The SMILES string of the molecule is CCCC[C@H](CN(O)C=O)C(=O)N[C@H](C(=O)N1CCc2ccccc2C1)C(C)(C)C. The minimum absolute atomic E-state index is 0.0858. The van der Waals surface area contributed by atoms with Gasteiger partial charge in [0.1, 0.15) is 6.04 Å². The first-order valence-electron chi connectivity index (χ1n) is 10.7. The molecule has 7 heteroatoms. The van der Waals surface area contributed by atoms with Crippen molar-refractivity contribution in [3.63, 3.8) is 0 Å². The third-order valence-electron chi connectivity index (χ3n) is 5.65. The number of hydrogen-bond donors (Lipinski definition) is 2. The maximum atomic E-state index is 13.4. The molecule has 1 aromatic carbocycles. The van der Waals surface area contributed by atoms with E-state index in [1.54, 1.807) is 0 Å². The molecule has 2 N–H and O–H groups in total. The smallest absolute Gasteiger partial charge is 0.246 e. The molecule has 0 fully saturated rings. The molecule has 7 nitrogen and oxygen atoms in total. The van der Waals surface area contributed by atoms with E-state index in [1.807, 2.05) is 50.8 Å². The Hall–Kier alpha value is -2.41. The summed E-state index contributed by atoms with van der Waals surface area (Å²) in [4.78, 5) is 39.0. The second-order valence-corrected chi connectivity index (χ2v) is 9.15.